The molecule has 0 spiro atoms. The molecule has 3 nitrogen and oxygen atoms in total. The van der Waals surface area contributed by atoms with Crippen LogP contribution in [0, 0.1) is 0 Å². The summed E-state index contributed by atoms with van der Waals surface area (Å²) in [7, 11) is -3.50. The van der Waals surface area contributed by atoms with Gasteiger partial charge in [0.1, 0.15) is 0 Å². The molecule has 0 unspecified atom stereocenters. The van der Waals surface area contributed by atoms with E-state index in [9.17, 15) is 8.42 Å². The van der Waals surface area contributed by atoms with Gasteiger partial charge in [0.05, 0.1) is 4.90 Å². The van der Waals surface area contributed by atoms with Crippen LogP contribution in [0.15, 0.2) is 59.5 Å². The van der Waals surface area contributed by atoms with Crippen molar-refractivity contribution in [3.63, 3.8) is 0 Å². The maximum absolute atomic E-state index is 12.4. The zero-order valence-electron chi connectivity index (χ0n) is 12.6. The zero-order chi connectivity index (χ0) is 15.5. The molecule has 2 rings (SSSR count). The Labute approximate surface area is 127 Å². The van der Waals surface area contributed by atoms with E-state index in [2.05, 4.69) is 18.6 Å². The third-order valence-corrected chi connectivity index (χ3v) is 5.05. The third kappa shape index (κ3) is 3.93. The summed E-state index contributed by atoms with van der Waals surface area (Å²) < 4.78 is 27.5. The molecule has 0 aromatic heterocycles. The van der Waals surface area contributed by atoms with E-state index in [1.54, 1.807) is 12.1 Å². The van der Waals surface area contributed by atoms with Crippen LogP contribution < -0.4 is 4.72 Å². The predicted molar refractivity (Wildman–Crippen MR) is 85.7 cm³/mol. The zero-order valence-corrected chi connectivity index (χ0v) is 13.4. The summed E-state index contributed by atoms with van der Waals surface area (Å²) in [5.74, 6) is 0.387. The molecule has 4 heteroatoms. The first-order valence-electron chi connectivity index (χ1n) is 7.07. The highest BCUT2D eigenvalue weighted by atomic mass is 32.2. The van der Waals surface area contributed by atoms with Crippen molar-refractivity contribution in [2.45, 2.75) is 37.6 Å². The van der Waals surface area contributed by atoms with Crippen molar-refractivity contribution in [1.29, 1.82) is 0 Å². The summed E-state index contributed by atoms with van der Waals surface area (Å²) in [6.45, 7) is 6.01. The van der Waals surface area contributed by atoms with Gasteiger partial charge >= 0.3 is 0 Å². The quantitative estimate of drug-likeness (QED) is 0.912. The summed E-state index contributed by atoms with van der Waals surface area (Å²) in [4.78, 5) is 0.301. The van der Waals surface area contributed by atoms with Gasteiger partial charge in [-0.3, -0.25) is 0 Å². The van der Waals surface area contributed by atoms with Crippen LogP contribution in [0.2, 0.25) is 0 Å². The average molecular weight is 303 g/mol. The van der Waals surface area contributed by atoms with E-state index in [1.165, 1.54) is 0 Å². The van der Waals surface area contributed by atoms with Crippen molar-refractivity contribution in [1.82, 2.24) is 4.72 Å². The van der Waals surface area contributed by atoms with E-state index in [-0.39, 0.29) is 6.04 Å². The molecule has 0 saturated heterocycles. The van der Waals surface area contributed by atoms with Gasteiger partial charge < -0.3 is 0 Å². The van der Waals surface area contributed by atoms with E-state index in [1.807, 2.05) is 49.4 Å². The molecular weight excluding hydrogens is 282 g/mol. The van der Waals surface area contributed by atoms with Gasteiger partial charge in [0.25, 0.3) is 0 Å². The lowest BCUT2D eigenvalue weighted by molar-refractivity contribution is 0.567. The normalized spacial score (nSPS) is 13.3. The van der Waals surface area contributed by atoms with Gasteiger partial charge in [-0.2, -0.15) is 0 Å². The second kappa shape index (κ2) is 6.41. The van der Waals surface area contributed by atoms with Crippen LogP contribution in [0.25, 0.3) is 0 Å². The van der Waals surface area contributed by atoms with Crippen molar-refractivity contribution in [3.8, 4) is 0 Å². The lowest BCUT2D eigenvalue weighted by atomic mass is 10.0. The topological polar surface area (TPSA) is 46.2 Å². The highest BCUT2D eigenvalue weighted by Gasteiger charge is 2.18. The van der Waals surface area contributed by atoms with Crippen molar-refractivity contribution in [3.05, 3.63) is 65.7 Å². The molecule has 0 aliphatic carbocycles. The molecule has 0 aliphatic rings. The lowest BCUT2D eigenvalue weighted by Crippen LogP contribution is -2.26. The SMILES string of the molecule is CC(C)c1ccc(S(=O)(=O)N[C@@H](C)c2ccccc2)cc1. The van der Waals surface area contributed by atoms with Gasteiger partial charge in [-0.1, -0.05) is 56.3 Å². The molecule has 21 heavy (non-hydrogen) atoms. The molecule has 2 aromatic rings. The maximum atomic E-state index is 12.4. The molecule has 0 bridgehead atoms. The van der Waals surface area contributed by atoms with Crippen molar-refractivity contribution >= 4 is 10.0 Å². The monoisotopic (exact) mass is 303 g/mol. The number of hydrogen-bond donors (Lipinski definition) is 1. The fourth-order valence-corrected chi connectivity index (χ4v) is 3.37. The number of benzene rings is 2. The van der Waals surface area contributed by atoms with Gasteiger partial charge in [-0.05, 0) is 36.1 Å². The summed E-state index contributed by atoms with van der Waals surface area (Å²) in [6, 6.07) is 16.3. The molecule has 2 aromatic carbocycles. The molecule has 0 aliphatic heterocycles. The number of nitrogens with one attached hydrogen (secondary N) is 1. The number of sulfonamides is 1. The van der Waals surface area contributed by atoms with E-state index in [0.29, 0.717) is 10.8 Å². The summed E-state index contributed by atoms with van der Waals surface area (Å²) in [5.41, 5.74) is 2.07. The summed E-state index contributed by atoms with van der Waals surface area (Å²) in [5, 5.41) is 0. The first-order chi connectivity index (χ1) is 9.90. The fourth-order valence-electron chi connectivity index (χ4n) is 2.14. The molecule has 1 atom stereocenters. The maximum Gasteiger partial charge on any atom is 0.241 e. The van der Waals surface area contributed by atoms with Crippen molar-refractivity contribution < 1.29 is 8.42 Å². The molecular formula is C17H21NO2S. The van der Waals surface area contributed by atoms with Gasteiger partial charge in [0, 0.05) is 6.04 Å². The molecule has 0 amide bonds. The van der Waals surface area contributed by atoms with Crippen LogP contribution in [0.5, 0.6) is 0 Å². The van der Waals surface area contributed by atoms with E-state index < -0.39 is 10.0 Å². The summed E-state index contributed by atoms with van der Waals surface area (Å²) >= 11 is 0. The Balaban J connectivity index is 2.18. The largest absolute Gasteiger partial charge is 0.241 e. The van der Waals surface area contributed by atoms with E-state index in [4.69, 9.17) is 0 Å². The van der Waals surface area contributed by atoms with Gasteiger partial charge in [-0.15, -0.1) is 0 Å². The summed E-state index contributed by atoms with van der Waals surface area (Å²) in [6.07, 6.45) is 0. The van der Waals surface area contributed by atoms with Crippen LogP contribution in [0.3, 0.4) is 0 Å². The standard InChI is InChI=1S/C17H21NO2S/c1-13(2)15-9-11-17(12-10-15)21(19,20)18-14(3)16-7-5-4-6-8-16/h4-14,18H,1-3H3/t14-/m0/s1. The molecule has 0 saturated carbocycles. The van der Waals surface area contributed by atoms with Gasteiger partial charge in [0.15, 0.2) is 0 Å². The Morgan fingerprint density at radius 1 is 0.810 bits per heavy atom. The number of hydrogen-bond acceptors (Lipinski definition) is 2. The molecule has 112 valence electrons. The second-order valence-electron chi connectivity index (χ2n) is 5.48. The second-order valence-corrected chi connectivity index (χ2v) is 7.19. The Kier molecular flexibility index (Phi) is 4.80. The van der Waals surface area contributed by atoms with Crippen LogP contribution >= 0.6 is 0 Å². The average Bonchev–Trinajstić information content (AvgIpc) is 2.48. The van der Waals surface area contributed by atoms with Crippen LogP contribution in [0.4, 0.5) is 0 Å². The fraction of sp³-hybridized carbons (Fsp3) is 0.294. The Morgan fingerprint density at radius 2 is 1.38 bits per heavy atom. The lowest BCUT2D eigenvalue weighted by Gasteiger charge is -2.15. The van der Waals surface area contributed by atoms with Crippen LogP contribution in [0.1, 0.15) is 43.9 Å². The molecule has 1 N–H and O–H groups in total. The number of rotatable bonds is 5. The minimum atomic E-state index is -3.50. The van der Waals surface area contributed by atoms with Crippen molar-refractivity contribution in [2.24, 2.45) is 0 Å². The first-order valence-corrected chi connectivity index (χ1v) is 8.55. The Bertz CT molecular complexity index is 676. The smallest absolute Gasteiger partial charge is 0.207 e. The van der Waals surface area contributed by atoms with Crippen LogP contribution in [-0.2, 0) is 10.0 Å². The van der Waals surface area contributed by atoms with Crippen LogP contribution in [-0.4, -0.2) is 8.42 Å². The van der Waals surface area contributed by atoms with E-state index >= 15 is 0 Å². The van der Waals surface area contributed by atoms with Crippen molar-refractivity contribution in [2.75, 3.05) is 0 Å². The van der Waals surface area contributed by atoms with E-state index in [0.717, 1.165) is 11.1 Å². The highest BCUT2D eigenvalue weighted by molar-refractivity contribution is 7.89. The Hall–Kier alpha value is -1.65. The Morgan fingerprint density at radius 3 is 1.90 bits per heavy atom. The minimum Gasteiger partial charge on any atom is -0.207 e. The first kappa shape index (κ1) is 15.7. The highest BCUT2D eigenvalue weighted by Crippen LogP contribution is 2.19. The molecule has 0 fully saturated rings. The predicted octanol–water partition coefficient (Wildman–Crippen LogP) is 3.85. The minimum absolute atomic E-state index is 0.263. The van der Waals surface area contributed by atoms with Gasteiger partial charge in [-0.25, -0.2) is 13.1 Å². The third-order valence-electron chi connectivity index (χ3n) is 3.49. The van der Waals surface area contributed by atoms with Gasteiger partial charge in [0.2, 0.25) is 10.0 Å². The molecule has 0 radical (unpaired) electrons. The molecule has 0 heterocycles.